The van der Waals surface area contributed by atoms with E-state index in [1.807, 2.05) is 0 Å². The number of anilines is 2. The Bertz CT molecular complexity index is 1060. The van der Waals surface area contributed by atoms with Crippen LogP contribution in [0.15, 0.2) is 23.3 Å². The third-order valence-corrected chi connectivity index (χ3v) is 5.38. The van der Waals surface area contributed by atoms with Gasteiger partial charge in [0.2, 0.25) is 12.2 Å². The van der Waals surface area contributed by atoms with Crippen molar-refractivity contribution in [3.05, 3.63) is 18.3 Å². The molecule has 1 aliphatic rings. The van der Waals surface area contributed by atoms with Gasteiger partial charge in [-0.15, -0.1) is 0 Å². The lowest BCUT2D eigenvalue weighted by molar-refractivity contribution is -0.148. The Balaban J connectivity index is 1.71. The Kier molecular flexibility index (Phi) is 7.21. The number of nitrogens with one attached hydrogen (secondary N) is 2. The molecule has 1 fully saturated rings. The molecule has 1 aliphatic heterocycles. The van der Waals surface area contributed by atoms with Crippen molar-refractivity contribution in [2.45, 2.75) is 51.6 Å². The average Bonchev–Trinajstić information content (AvgIpc) is 3.34. The van der Waals surface area contributed by atoms with E-state index in [2.05, 4.69) is 37.1 Å². The SMILES string of the molecule is C=NC1C/C(=C\O[P+](=O)NC(C)C(=O)OC(C)C)OC1n1cnc2c(NC)nc(N)nc21. The molecule has 3 heterocycles. The summed E-state index contributed by atoms with van der Waals surface area (Å²) < 4.78 is 30.1. The van der Waals surface area contributed by atoms with Crippen molar-refractivity contribution in [2.24, 2.45) is 4.99 Å². The molecular formula is C18H26N8O5P+. The van der Waals surface area contributed by atoms with Crippen LogP contribution in [0.5, 0.6) is 0 Å². The standard InChI is InChI=1S/C18H26N8O5P/c1-9(2)30-17(27)10(3)25-32(28)29-7-11-6-12(20-4)16(31-11)26-8-22-13-14(21-5)23-18(19)24-15(13)26/h7-10,12,16H,4,6H2,1-3,5H3,(H,25,28)(H3,19,21,23,24)/q+1/b11-7+. The van der Waals surface area contributed by atoms with Crippen molar-refractivity contribution in [3.8, 4) is 0 Å². The lowest BCUT2D eigenvalue weighted by Gasteiger charge is -2.16. The van der Waals surface area contributed by atoms with E-state index in [1.165, 1.54) is 13.2 Å². The van der Waals surface area contributed by atoms with Crippen LogP contribution in [0.3, 0.4) is 0 Å². The first-order valence-electron chi connectivity index (χ1n) is 9.83. The minimum atomic E-state index is -2.38. The zero-order valence-electron chi connectivity index (χ0n) is 18.2. The van der Waals surface area contributed by atoms with Gasteiger partial charge in [0.1, 0.15) is 24.2 Å². The monoisotopic (exact) mass is 465 g/mol. The summed E-state index contributed by atoms with van der Waals surface area (Å²) in [4.78, 5) is 28.6. The Morgan fingerprint density at radius 1 is 1.47 bits per heavy atom. The van der Waals surface area contributed by atoms with Gasteiger partial charge in [-0.2, -0.15) is 9.97 Å². The number of esters is 1. The molecular weight excluding hydrogens is 439 g/mol. The molecule has 2 aromatic rings. The zero-order valence-corrected chi connectivity index (χ0v) is 19.1. The molecule has 1 saturated heterocycles. The molecule has 0 saturated carbocycles. The number of hydrogen-bond donors (Lipinski definition) is 3. The van der Waals surface area contributed by atoms with Crippen LogP contribution in [0.25, 0.3) is 11.2 Å². The van der Waals surface area contributed by atoms with Gasteiger partial charge in [0.25, 0.3) is 0 Å². The number of ether oxygens (including phenoxy) is 2. The Morgan fingerprint density at radius 3 is 2.88 bits per heavy atom. The number of aromatic nitrogens is 4. The fraction of sp³-hybridized carbons (Fsp3) is 0.500. The van der Waals surface area contributed by atoms with Gasteiger partial charge in [-0.1, -0.05) is 5.09 Å². The summed E-state index contributed by atoms with van der Waals surface area (Å²) >= 11 is 0. The molecule has 3 rings (SSSR count). The van der Waals surface area contributed by atoms with E-state index in [1.54, 1.807) is 31.8 Å². The van der Waals surface area contributed by atoms with Crippen molar-refractivity contribution < 1.29 is 23.4 Å². The van der Waals surface area contributed by atoms with Crippen LogP contribution < -0.4 is 16.1 Å². The molecule has 0 spiro atoms. The molecule has 4 N–H and O–H groups in total. The van der Waals surface area contributed by atoms with Gasteiger partial charge in [-0.05, 0) is 27.5 Å². The smallest absolute Gasteiger partial charge is 0.469 e. The minimum Gasteiger partial charge on any atom is -0.469 e. The van der Waals surface area contributed by atoms with Crippen molar-refractivity contribution in [1.82, 2.24) is 24.6 Å². The largest absolute Gasteiger partial charge is 0.664 e. The molecule has 0 aromatic carbocycles. The van der Waals surface area contributed by atoms with Crippen molar-refractivity contribution in [3.63, 3.8) is 0 Å². The fourth-order valence-electron chi connectivity index (χ4n) is 3.04. The van der Waals surface area contributed by atoms with Gasteiger partial charge >= 0.3 is 14.1 Å². The van der Waals surface area contributed by atoms with Crippen LogP contribution in [0.4, 0.5) is 11.8 Å². The van der Waals surface area contributed by atoms with Gasteiger partial charge < -0.3 is 20.5 Å². The van der Waals surface area contributed by atoms with Crippen LogP contribution in [-0.2, 0) is 23.4 Å². The van der Waals surface area contributed by atoms with Gasteiger partial charge in [0, 0.05) is 18.0 Å². The number of imidazole rings is 1. The number of carbonyl (C=O) groups excluding carboxylic acids is 1. The van der Waals surface area contributed by atoms with E-state index in [0.29, 0.717) is 29.2 Å². The quantitative estimate of drug-likeness (QED) is 0.214. The summed E-state index contributed by atoms with van der Waals surface area (Å²) in [5.74, 6) is 0.436. The van der Waals surface area contributed by atoms with E-state index in [4.69, 9.17) is 19.7 Å². The maximum atomic E-state index is 12.2. The van der Waals surface area contributed by atoms with E-state index >= 15 is 0 Å². The van der Waals surface area contributed by atoms with Crippen LogP contribution in [0.2, 0.25) is 0 Å². The summed E-state index contributed by atoms with van der Waals surface area (Å²) in [5.41, 5.74) is 6.80. The molecule has 0 amide bonds. The number of hydrogen-bond acceptors (Lipinski definition) is 11. The highest BCUT2D eigenvalue weighted by Crippen LogP contribution is 2.36. The van der Waals surface area contributed by atoms with Crippen molar-refractivity contribution in [2.75, 3.05) is 18.1 Å². The molecule has 2 aromatic heterocycles. The number of carbonyl (C=O) groups is 1. The normalized spacial score (nSPS) is 20.8. The molecule has 14 heteroatoms. The molecule has 0 radical (unpaired) electrons. The number of nitrogen functional groups attached to an aromatic ring is 1. The third kappa shape index (κ3) is 5.11. The van der Waals surface area contributed by atoms with Gasteiger partial charge in [0.15, 0.2) is 23.2 Å². The minimum absolute atomic E-state index is 0.0805. The Hall–Kier alpha value is -3.31. The summed E-state index contributed by atoms with van der Waals surface area (Å²) in [6.07, 6.45) is 2.24. The fourth-order valence-corrected chi connectivity index (χ4v) is 3.73. The molecule has 32 heavy (non-hydrogen) atoms. The molecule has 0 bridgehead atoms. The highest BCUT2D eigenvalue weighted by Gasteiger charge is 2.36. The highest BCUT2D eigenvalue weighted by atomic mass is 31.1. The molecule has 4 atom stereocenters. The van der Waals surface area contributed by atoms with Crippen molar-refractivity contribution >= 4 is 43.8 Å². The second kappa shape index (κ2) is 9.88. The Morgan fingerprint density at radius 2 is 2.22 bits per heavy atom. The lowest BCUT2D eigenvalue weighted by atomic mass is 10.2. The Labute approximate surface area is 185 Å². The first kappa shape index (κ1) is 23.4. The number of rotatable bonds is 9. The topological polar surface area (TPSA) is 168 Å². The predicted octanol–water partition coefficient (Wildman–Crippen LogP) is 1.88. The average molecular weight is 465 g/mol. The lowest BCUT2D eigenvalue weighted by Crippen LogP contribution is -2.32. The second-order valence-corrected chi connectivity index (χ2v) is 8.23. The molecule has 4 unspecified atom stereocenters. The van der Waals surface area contributed by atoms with E-state index in [0.717, 1.165) is 0 Å². The second-order valence-electron chi connectivity index (χ2n) is 7.25. The molecule has 172 valence electrons. The summed E-state index contributed by atoms with van der Waals surface area (Å²) in [6.45, 7) is 8.61. The number of nitrogens with zero attached hydrogens (tertiary/aromatic N) is 5. The van der Waals surface area contributed by atoms with Crippen LogP contribution >= 0.6 is 8.18 Å². The summed E-state index contributed by atoms with van der Waals surface area (Å²) in [7, 11) is -0.673. The first-order valence-corrected chi connectivity index (χ1v) is 11.0. The maximum Gasteiger partial charge on any atom is 0.664 e. The zero-order chi connectivity index (χ0) is 23.4. The predicted molar refractivity (Wildman–Crippen MR) is 118 cm³/mol. The summed E-state index contributed by atoms with van der Waals surface area (Å²) in [5, 5.41) is 5.47. The van der Waals surface area contributed by atoms with Crippen LogP contribution in [-0.4, -0.2) is 57.4 Å². The number of nitrogens with two attached hydrogens (primary N) is 1. The highest BCUT2D eigenvalue weighted by molar-refractivity contribution is 7.36. The van der Waals surface area contributed by atoms with E-state index in [9.17, 15) is 9.36 Å². The van der Waals surface area contributed by atoms with E-state index in [-0.39, 0.29) is 18.1 Å². The maximum absolute atomic E-state index is 12.2. The van der Waals surface area contributed by atoms with Gasteiger partial charge in [0.05, 0.1) is 6.10 Å². The van der Waals surface area contributed by atoms with Crippen molar-refractivity contribution in [1.29, 1.82) is 0 Å². The molecule has 0 aliphatic carbocycles. The van der Waals surface area contributed by atoms with Crippen LogP contribution in [0, 0.1) is 0 Å². The first-order chi connectivity index (χ1) is 15.2. The molecule has 13 nitrogen and oxygen atoms in total. The third-order valence-electron chi connectivity index (χ3n) is 4.48. The number of aliphatic imine (C=N–C) groups is 1. The number of fused-ring (bicyclic) bond motifs is 1. The van der Waals surface area contributed by atoms with Gasteiger partial charge in [-0.25, -0.2) is 9.51 Å². The van der Waals surface area contributed by atoms with Gasteiger partial charge in [-0.3, -0.25) is 14.4 Å². The van der Waals surface area contributed by atoms with Crippen LogP contribution in [0.1, 0.15) is 33.4 Å². The summed E-state index contributed by atoms with van der Waals surface area (Å²) in [6, 6.07) is -1.18. The van der Waals surface area contributed by atoms with E-state index < -0.39 is 26.4 Å².